The predicted octanol–water partition coefficient (Wildman–Crippen LogP) is 1.42. The molecule has 0 radical (unpaired) electrons. The fraction of sp³-hybridized carbons (Fsp3) is 0.125. The normalized spacial score (nSPS) is 13.6. The summed E-state index contributed by atoms with van der Waals surface area (Å²) in [6.45, 7) is 0. The van der Waals surface area contributed by atoms with Gasteiger partial charge < -0.3 is 4.98 Å². The number of hydrogen-bond donors (Lipinski definition) is 1. The zero-order valence-electron chi connectivity index (χ0n) is 5.39. The van der Waals surface area contributed by atoms with Gasteiger partial charge in [-0.05, 0) is 11.6 Å². The first kappa shape index (κ1) is 4.50. The van der Waals surface area contributed by atoms with Crippen molar-refractivity contribution < 1.29 is 0 Å². The van der Waals surface area contributed by atoms with Crippen molar-refractivity contribution >= 4 is 0 Å². The van der Waals surface area contributed by atoms with Crippen LogP contribution in [-0.2, 0) is 6.42 Å². The molecule has 0 aromatic heterocycles. The Balaban J connectivity index is 2.62. The molecule has 0 saturated carbocycles. The Bertz CT molecular complexity index is 362. The number of hydrogen-bond acceptors (Lipinski definition) is 1. The maximum Gasteiger partial charge on any atom is 0.0871 e. The van der Waals surface area contributed by atoms with Crippen molar-refractivity contribution in [2.24, 2.45) is 0 Å². The molecule has 1 N–H and O–H groups in total. The summed E-state index contributed by atoms with van der Waals surface area (Å²) in [4.78, 5) is 7.44. The summed E-state index contributed by atoms with van der Waals surface area (Å²) in [5, 5.41) is 0. The maximum absolute atomic E-state index is 4.24. The molecule has 10 heavy (non-hydrogen) atoms. The largest absolute Gasteiger partial charge is 0.359 e. The molecule has 4 bridgehead atoms. The third-order valence-electron chi connectivity index (χ3n) is 2.06. The van der Waals surface area contributed by atoms with Crippen LogP contribution in [0, 0.1) is 0 Å². The van der Waals surface area contributed by atoms with E-state index < -0.39 is 0 Å². The molecular formula is C8H6N2. The van der Waals surface area contributed by atoms with Crippen LogP contribution in [-0.4, -0.2) is 9.97 Å². The Kier molecular flexibility index (Phi) is 0.556. The Hall–Kier alpha value is -1.31. The molecule has 0 aromatic carbocycles. The monoisotopic (exact) mass is 130 g/mol. The Morgan fingerprint density at radius 2 is 2.50 bits per heavy atom. The molecule has 3 heterocycles. The number of pyridine rings is 1. The second-order valence-electron chi connectivity index (χ2n) is 2.73. The van der Waals surface area contributed by atoms with E-state index in [0.717, 1.165) is 12.1 Å². The summed E-state index contributed by atoms with van der Waals surface area (Å²) < 4.78 is 0. The molecule has 0 fully saturated rings. The van der Waals surface area contributed by atoms with Crippen LogP contribution in [0.1, 0.15) is 11.1 Å². The molecule has 0 saturated heterocycles. The van der Waals surface area contributed by atoms with Gasteiger partial charge in [-0.3, -0.25) is 4.98 Å². The number of rotatable bonds is 0. The van der Waals surface area contributed by atoms with Gasteiger partial charge in [-0.15, -0.1) is 0 Å². The smallest absolute Gasteiger partial charge is 0.0871 e. The minimum atomic E-state index is 1.06. The van der Waals surface area contributed by atoms with Gasteiger partial charge in [0.2, 0.25) is 0 Å². The fourth-order valence-electron chi connectivity index (χ4n) is 1.56. The highest BCUT2D eigenvalue weighted by atomic mass is 14.8. The SMILES string of the molecule is c1[nH]c2c3cnc-2cc1C3. The highest BCUT2D eigenvalue weighted by molar-refractivity contribution is 5.66. The van der Waals surface area contributed by atoms with Gasteiger partial charge >= 0.3 is 0 Å². The summed E-state index contributed by atoms with van der Waals surface area (Å²) in [6, 6.07) is 2.14. The van der Waals surface area contributed by atoms with Crippen molar-refractivity contribution in [3.8, 4) is 11.4 Å². The van der Waals surface area contributed by atoms with E-state index in [1.165, 1.54) is 16.8 Å². The van der Waals surface area contributed by atoms with E-state index in [2.05, 4.69) is 22.2 Å². The van der Waals surface area contributed by atoms with Crippen LogP contribution < -0.4 is 0 Å². The molecule has 0 amide bonds. The van der Waals surface area contributed by atoms with E-state index in [1.807, 2.05) is 6.20 Å². The number of fused-ring (bicyclic) bond motifs is 1. The van der Waals surface area contributed by atoms with Crippen molar-refractivity contribution in [1.29, 1.82) is 0 Å². The predicted molar refractivity (Wildman–Crippen MR) is 38.0 cm³/mol. The first-order chi connectivity index (χ1) is 4.93. The molecule has 48 valence electrons. The van der Waals surface area contributed by atoms with E-state index in [1.54, 1.807) is 0 Å². The second-order valence-corrected chi connectivity index (χ2v) is 2.73. The highest BCUT2D eigenvalue weighted by Crippen LogP contribution is 2.30. The molecule has 2 nitrogen and oxygen atoms in total. The zero-order chi connectivity index (χ0) is 6.55. The van der Waals surface area contributed by atoms with Gasteiger partial charge in [-0.2, -0.15) is 0 Å². The summed E-state index contributed by atoms with van der Waals surface area (Å²) in [5.41, 5.74) is 5.02. The van der Waals surface area contributed by atoms with Crippen molar-refractivity contribution in [2.45, 2.75) is 6.42 Å². The lowest BCUT2D eigenvalue weighted by Crippen LogP contribution is -1.99. The van der Waals surface area contributed by atoms with Gasteiger partial charge in [0.25, 0.3) is 0 Å². The van der Waals surface area contributed by atoms with Crippen molar-refractivity contribution in [3.63, 3.8) is 0 Å². The van der Waals surface area contributed by atoms with Gasteiger partial charge in [-0.25, -0.2) is 0 Å². The minimum Gasteiger partial charge on any atom is -0.359 e. The lowest BCUT2D eigenvalue weighted by molar-refractivity contribution is 1.09. The van der Waals surface area contributed by atoms with Crippen LogP contribution in [0.4, 0.5) is 0 Å². The summed E-state index contributed by atoms with van der Waals surface area (Å²) >= 11 is 0. The first-order valence-electron chi connectivity index (χ1n) is 3.38. The third-order valence-corrected chi connectivity index (χ3v) is 2.06. The van der Waals surface area contributed by atoms with E-state index in [-0.39, 0.29) is 0 Å². The Labute approximate surface area is 58.3 Å². The zero-order valence-corrected chi connectivity index (χ0v) is 5.39. The molecule has 3 aliphatic heterocycles. The Morgan fingerprint density at radius 1 is 1.50 bits per heavy atom. The average molecular weight is 130 g/mol. The molecule has 0 aromatic rings. The Morgan fingerprint density at radius 3 is 3.20 bits per heavy atom. The van der Waals surface area contributed by atoms with Gasteiger partial charge in [-0.1, -0.05) is 0 Å². The number of aromatic amines is 1. The van der Waals surface area contributed by atoms with Gasteiger partial charge in [0, 0.05) is 24.4 Å². The molecule has 0 atom stereocenters. The highest BCUT2D eigenvalue weighted by Gasteiger charge is 2.17. The fourth-order valence-corrected chi connectivity index (χ4v) is 1.56. The molecule has 4 aliphatic rings. The number of aromatic nitrogens is 2. The quantitative estimate of drug-likeness (QED) is 0.489. The minimum absolute atomic E-state index is 1.06. The lowest BCUT2D eigenvalue weighted by atomic mass is 9.99. The van der Waals surface area contributed by atoms with E-state index >= 15 is 0 Å². The first-order valence-corrected chi connectivity index (χ1v) is 3.38. The van der Waals surface area contributed by atoms with Gasteiger partial charge in [0.15, 0.2) is 0 Å². The summed E-state index contributed by atoms with van der Waals surface area (Å²) in [6.07, 6.45) is 5.07. The molecule has 1 aliphatic carbocycles. The maximum atomic E-state index is 4.24. The second kappa shape index (κ2) is 1.24. The van der Waals surface area contributed by atoms with Crippen LogP contribution in [0.15, 0.2) is 18.5 Å². The van der Waals surface area contributed by atoms with E-state index in [4.69, 9.17) is 0 Å². The third kappa shape index (κ3) is 0.355. The molecule has 0 spiro atoms. The van der Waals surface area contributed by atoms with E-state index in [0.29, 0.717) is 0 Å². The molecule has 2 heteroatoms. The number of nitrogens with one attached hydrogen (secondary N) is 1. The summed E-state index contributed by atoms with van der Waals surface area (Å²) in [7, 11) is 0. The van der Waals surface area contributed by atoms with Crippen molar-refractivity contribution in [2.75, 3.05) is 0 Å². The average Bonchev–Trinajstić information content (AvgIpc) is 2.29. The number of H-pyrrole nitrogens is 1. The summed E-state index contributed by atoms with van der Waals surface area (Å²) in [5.74, 6) is 0. The topological polar surface area (TPSA) is 28.7 Å². The van der Waals surface area contributed by atoms with Gasteiger partial charge in [0.1, 0.15) is 0 Å². The standard InChI is InChI=1S/C8H6N2/c1-5-2-7-8(10-3-5)6(1)4-9-7/h2-4,10H,1H2. The van der Waals surface area contributed by atoms with Crippen molar-refractivity contribution in [1.82, 2.24) is 9.97 Å². The van der Waals surface area contributed by atoms with E-state index in [9.17, 15) is 0 Å². The lowest BCUT2D eigenvalue weighted by Gasteiger charge is -2.11. The number of nitrogens with zero attached hydrogens (tertiary/aromatic N) is 1. The molecular weight excluding hydrogens is 124 g/mol. The van der Waals surface area contributed by atoms with Crippen LogP contribution in [0.5, 0.6) is 0 Å². The van der Waals surface area contributed by atoms with Crippen LogP contribution >= 0.6 is 0 Å². The van der Waals surface area contributed by atoms with Crippen LogP contribution in [0.3, 0.4) is 0 Å². The van der Waals surface area contributed by atoms with Crippen molar-refractivity contribution in [3.05, 3.63) is 29.6 Å². The molecule has 0 unspecified atom stereocenters. The van der Waals surface area contributed by atoms with Crippen LogP contribution in [0.2, 0.25) is 0 Å². The van der Waals surface area contributed by atoms with Gasteiger partial charge in [0.05, 0.1) is 11.4 Å². The molecule has 4 rings (SSSR count). The van der Waals surface area contributed by atoms with Crippen LogP contribution in [0.25, 0.3) is 11.4 Å².